The summed E-state index contributed by atoms with van der Waals surface area (Å²) < 4.78 is 0. The summed E-state index contributed by atoms with van der Waals surface area (Å²) in [6.07, 6.45) is 3.15. The monoisotopic (exact) mass is 563 g/mol. The van der Waals surface area contributed by atoms with E-state index >= 15 is 0 Å². The molecule has 0 aliphatic rings. The summed E-state index contributed by atoms with van der Waals surface area (Å²) >= 11 is 5.53. The van der Waals surface area contributed by atoms with Crippen LogP contribution in [0.4, 0.5) is 0 Å². The molecule has 2 aromatic heterocycles. The van der Waals surface area contributed by atoms with E-state index in [1.54, 1.807) is 42.6 Å². The van der Waals surface area contributed by atoms with Crippen molar-refractivity contribution in [1.29, 1.82) is 10.5 Å². The van der Waals surface area contributed by atoms with E-state index in [2.05, 4.69) is 9.97 Å². The molecule has 0 fully saturated rings. The Hall–Kier alpha value is -4.01. The number of pyridine rings is 2. The Labute approximate surface area is 248 Å². The molecule has 8 heteroatoms. The van der Waals surface area contributed by atoms with Crippen molar-refractivity contribution in [3.05, 3.63) is 114 Å². The molecule has 0 unspecified atom stereocenters. The van der Waals surface area contributed by atoms with E-state index in [9.17, 15) is 0 Å². The molecule has 214 valence electrons. The lowest BCUT2D eigenvalue weighted by molar-refractivity contribution is 0.426. The Balaban J connectivity index is -0.000000226. The third-order valence-corrected chi connectivity index (χ3v) is 4.15. The Morgan fingerprint density at radius 3 is 1.43 bits per heavy atom. The maximum absolute atomic E-state index is 8.70. The van der Waals surface area contributed by atoms with Gasteiger partial charge in [-0.2, -0.15) is 10.5 Å². The minimum Gasteiger partial charge on any atom is -0.423 e. The largest absolute Gasteiger partial charge is 0.488 e. The fourth-order valence-corrected chi connectivity index (χ4v) is 2.55. The van der Waals surface area contributed by atoms with Crippen LogP contribution in [0.2, 0.25) is 5.02 Å². The Bertz CT molecular complexity index is 1200. The molecule has 0 aliphatic carbocycles. The predicted octanol–water partition coefficient (Wildman–Crippen LogP) is 7.94. The maximum Gasteiger partial charge on any atom is 0.488 e. The molecule has 2 heterocycles. The first kappa shape index (κ1) is 40.5. The highest BCUT2D eigenvalue weighted by Crippen LogP contribution is 2.18. The summed E-state index contributed by atoms with van der Waals surface area (Å²) in [7, 11) is -1.34. The standard InChI is InChI=1S/C12H8N2.C6H7BO2.C6H3ClN2.4C2H6.H2/c13-9-12-8-11(6-7-14-12)10-4-2-1-3-5-10;8-7(9)6-4-2-1-3-5-6;7-5-1-2-9-6(3-5)4-8;4*1-2;/h1-8H;1-5,8-9H;1-3H;4*1-2H3;1H/i;;;;;;;1+1. The number of benzene rings is 2. The molecular weight excluding hydrogens is 519 g/mol. The lowest BCUT2D eigenvalue weighted by atomic mass is 9.81. The van der Waals surface area contributed by atoms with Crippen molar-refractivity contribution < 1.29 is 11.5 Å². The SMILES string of the molecule is CC.CC.CC.CC.N#Cc1cc(-c2ccccc2)ccn1.N#Cc1cc(Cl)ccn1.OB(O)c1ccccc1.[2HH]. The van der Waals surface area contributed by atoms with Gasteiger partial charge in [0.1, 0.15) is 23.5 Å². The zero-order chi connectivity index (χ0) is 31.2. The van der Waals surface area contributed by atoms with Crippen LogP contribution >= 0.6 is 11.6 Å². The third kappa shape index (κ3) is 19.1. The number of hydrogen-bond donors (Lipinski definition) is 2. The van der Waals surface area contributed by atoms with Gasteiger partial charge in [0.2, 0.25) is 0 Å². The topological polar surface area (TPSA) is 114 Å². The van der Waals surface area contributed by atoms with Crippen molar-refractivity contribution in [3.63, 3.8) is 0 Å². The maximum atomic E-state index is 8.70. The molecule has 0 radical (unpaired) electrons. The zero-order valence-corrected chi connectivity index (χ0v) is 25.6. The van der Waals surface area contributed by atoms with Gasteiger partial charge in [0.05, 0.1) is 0 Å². The van der Waals surface area contributed by atoms with Crippen molar-refractivity contribution in [2.75, 3.05) is 0 Å². The van der Waals surface area contributed by atoms with Crippen LogP contribution in [0.15, 0.2) is 97.3 Å². The van der Waals surface area contributed by atoms with Crippen LogP contribution in [-0.2, 0) is 0 Å². The molecule has 0 saturated heterocycles. The first-order valence-corrected chi connectivity index (χ1v) is 13.8. The Morgan fingerprint density at radius 1 is 0.625 bits per heavy atom. The van der Waals surface area contributed by atoms with Crippen LogP contribution in [0.25, 0.3) is 11.1 Å². The lowest BCUT2D eigenvalue weighted by Gasteiger charge is -1.99. The van der Waals surface area contributed by atoms with E-state index in [4.69, 9.17) is 32.2 Å². The minimum atomic E-state index is -1.34. The van der Waals surface area contributed by atoms with E-state index < -0.39 is 7.12 Å². The van der Waals surface area contributed by atoms with E-state index in [0.717, 1.165) is 11.1 Å². The molecule has 40 heavy (non-hydrogen) atoms. The average Bonchev–Trinajstić information content (AvgIpc) is 3.06. The highest BCUT2D eigenvalue weighted by Gasteiger charge is 2.07. The summed E-state index contributed by atoms with van der Waals surface area (Å²) in [6.45, 7) is 16.0. The molecule has 2 aromatic carbocycles. The molecule has 0 amide bonds. The number of halogens is 1. The molecular formula is C32H44BClN4O2. The summed E-state index contributed by atoms with van der Waals surface area (Å²) in [6, 6.07) is 29.3. The van der Waals surface area contributed by atoms with Crippen molar-refractivity contribution in [2.24, 2.45) is 0 Å². The van der Waals surface area contributed by atoms with Gasteiger partial charge in [-0.1, -0.05) is 128 Å². The van der Waals surface area contributed by atoms with Gasteiger partial charge in [-0.05, 0) is 40.9 Å². The van der Waals surface area contributed by atoms with E-state index in [0.29, 0.717) is 21.9 Å². The fraction of sp³-hybridized carbons (Fsp3) is 0.250. The first-order chi connectivity index (χ1) is 19.5. The van der Waals surface area contributed by atoms with Gasteiger partial charge in [0.25, 0.3) is 0 Å². The average molecular weight is 564 g/mol. The Kier molecular flexibility index (Phi) is 29.9. The summed E-state index contributed by atoms with van der Waals surface area (Å²) in [5, 5.41) is 34.7. The van der Waals surface area contributed by atoms with E-state index in [-0.39, 0.29) is 1.43 Å². The molecule has 0 spiro atoms. The molecule has 4 aromatic rings. The summed E-state index contributed by atoms with van der Waals surface area (Å²) in [4.78, 5) is 7.63. The lowest BCUT2D eigenvalue weighted by Crippen LogP contribution is -2.29. The quantitative estimate of drug-likeness (QED) is 0.239. The molecule has 0 aliphatic heterocycles. The van der Waals surface area contributed by atoms with Crippen LogP contribution in [0, 0.1) is 22.7 Å². The van der Waals surface area contributed by atoms with E-state index in [1.807, 2.05) is 110 Å². The van der Waals surface area contributed by atoms with Crippen LogP contribution < -0.4 is 5.46 Å². The smallest absolute Gasteiger partial charge is 0.423 e. The number of aromatic nitrogens is 2. The van der Waals surface area contributed by atoms with Gasteiger partial charge in [0, 0.05) is 18.8 Å². The predicted molar refractivity (Wildman–Crippen MR) is 172 cm³/mol. The molecule has 0 atom stereocenters. The second kappa shape index (κ2) is 29.5. The Morgan fingerprint density at radius 2 is 1.05 bits per heavy atom. The molecule has 4 rings (SSSR count). The molecule has 0 saturated carbocycles. The number of nitriles is 2. The van der Waals surface area contributed by atoms with Gasteiger partial charge in [0.15, 0.2) is 0 Å². The van der Waals surface area contributed by atoms with Crippen molar-refractivity contribution in [2.45, 2.75) is 55.4 Å². The highest BCUT2D eigenvalue weighted by atomic mass is 35.5. The molecule has 2 N–H and O–H groups in total. The van der Waals surface area contributed by atoms with Crippen LogP contribution in [-0.4, -0.2) is 27.1 Å². The van der Waals surface area contributed by atoms with E-state index in [1.165, 1.54) is 12.3 Å². The summed E-state index contributed by atoms with van der Waals surface area (Å²) in [5.74, 6) is 0. The zero-order valence-electron chi connectivity index (χ0n) is 24.9. The van der Waals surface area contributed by atoms with Crippen molar-refractivity contribution >= 4 is 24.2 Å². The van der Waals surface area contributed by atoms with Crippen LogP contribution in [0.5, 0.6) is 0 Å². The van der Waals surface area contributed by atoms with Gasteiger partial charge < -0.3 is 10.0 Å². The van der Waals surface area contributed by atoms with Crippen LogP contribution in [0.3, 0.4) is 0 Å². The first-order valence-electron chi connectivity index (χ1n) is 13.4. The number of nitrogens with zero attached hydrogens (tertiary/aromatic N) is 4. The normalized spacial score (nSPS) is 7.83. The summed E-state index contributed by atoms with van der Waals surface area (Å²) in [5.41, 5.74) is 3.45. The van der Waals surface area contributed by atoms with Crippen LogP contribution in [0.1, 0.15) is 68.2 Å². The molecule has 0 bridgehead atoms. The van der Waals surface area contributed by atoms with Crippen molar-refractivity contribution in [3.8, 4) is 23.3 Å². The minimum absolute atomic E-state index is 0. The van der Waals surface area contributed by atoms with Gasteiger partial charge in [-0.3, -0.25) is 0 Å². The molecule has 6 nitrogen and oxygen atoms in total. The van der Waals surface area contributed by atoms with Gasteiger partial charge in [-0.25, -0.2) is 9.97 Å². The van der Waals surface area contributed by atoms with Gasteiger partial charge in [-0.15, -0.1) is 0 Å². The highest BCUT2D eigenvalue weighted by molar-refractivity contribution is 6.58. The number of hydrogen-bond acceptors (Lipinski definition) is 6. The van der Waals surface area contributed by atoms with Gasteiger partial charge >= 0.3 is 7.12 Å². The fourth-order valence-electron chi connectivity index (χ4n) is 2.39. The van der Waals surface area contributed by atoms with Crippen molar-refractivity contribution in [1.82, 2.24) is 9.97 Å². The second-order valence-electron chi connectivity index (χ2n) is 6.16. The second-order valence-corrected chi connectivity index (χ2v) is 6.60. The number of rotatable bonds is 2. The third-order valence-electron chi connectivity index (χ3n) is 3.92.